The van der Waals surface area contributed by atoms with E-state index in [1.807, 2.05) is 42.8 Å². The minimum Gasteiger partial charge on any atom is -0.318 e. The lowest BCUT2D eigenvalue weighted by molar-refractivity contribution is 0.579. The third-order valence-corrected chi connectivity index (χ3v) is 5.07. The van der Waals surface area contributed by atoms with Crippen molar-refractivity contribution in [3.63, 3.8) is 0 Å². The molecule has 0 amide bonds. The summed E-state index contributed by atoms with van der Waals surface area (Å²) in [6.07, 6.45) is 1.49. The average Bonchev–Trinajstić information content (AvgIpc) is 2.72. The maximum absolute atomic E-state index is 11.7. The van der Waals surface area contributed by atoms with Gasteiger partial charge >= 0.3 is 0 Å². The Morgan fingerprint density at radius 2 is 2.11 bits per heavy atom. The number of unbranched alkanes of at least 4 members (excludes halogenated alkanes) is 1. The van der Waals surface area contributed by atoms with Crippen LogP contribution < -0.4 is 9.63 Å². The minimum atomic E-state index is -3.32. The second-order valence-corrected chi connectivity index (χ2v) is 7.12. The zero-order valence-electron chi connectivity index (χ0n) is 11.0. The summed E-state index contributed by atoms with van der Waals surface area (Å²) in [6.45, 7) is 1.96. The molecule has 19 heavy (non-hydrogen) atoms. The predicted octanol–water partition coefficient (Wildman–Crippen LogP) is 1.78. The molecular formula is C12H17N3O2S2. The first-order valence-electron chi connectivity index (χ1n) is 6.11. The van der Waals surface area contributed by atoms with Gasteiger partial charge < -0.3 is 4.57 Å². The van der Waals surface area contributed by atoms with E-state index in [-0.39, 0.29) is 5.75 Å². The van der Waals surface area contributed by atoms with Crippen molar-refractivity contribution in [2.24, 2.45) is 12.1 Å². The van der Waals surface area contributed by atoms with Crippen LogP contribution in [0.15, 0.2) is 29.4 Å². The summed E-state index contributed by atoms with van der Waals surface area (Å²) in [5.74, 6) is 0.113. The van der Waals surface area contributed by atoms with E-state index in [9.17, 15) is 8.42 Å². The molecule has 7 heteroatoms. The molecule has 0 fully saturated rings. The highest BCUT2D eigenvalue weighted by molar-refractivity contribution is 7.89. The summed E-state index contributed by atoms with van der Waals surface area (Å²) >= 11 is 1.46. The number of hydrogen-bond acceptors (Lipinski definition) is 4. The van der Waals surface area contributed by atoms with E-state index in [1.54, 1.807) is 0 Å². The standard InChI is InChI=1S/C12H17N3O2S2/c1-3-4-9-19(16,17)14-13-12-15(2)10-7-5-6-8-11(10)18-12/h5-8,14H,3-4,9H2,1-2H3/b13-12-. The molecular weight excluding hydrogens is 282 g/mol. The molecule has 2 rings (SSSR count). The summed E-state index contributed by atoms with van der Waals surface area (Å²) in [7, 11) is -1.45. The van der Waals surface area contributed by atoms with Crippen LogP contribution in [0.4, 0.5) is 0 Å². The Kier molecular flexibility index (Phi) is 4.26. The molecule has 1 N–H and O–H groups in total. The van der Waals surface area contributed by atoms with E-state index in [0.29, 0.717) is 11.2 Å². The SMILES string of the molecule is CCCCS(=O)(=O)N/N=c1\sc2ccccc2n1C. The number of fused-ring (bicyclic) bond motifs is 1. The largest absolute Gasteiger partial charge is 0.318 e. The quantitative estimate of drug-likeness (QED) is 0.855. The first-order valence-corrected chi connectivity index (χ1v) is 8.58. The molecule has 0 spiro atoms. The van der Waals surface area contributed by atoms with E-state index in [1.165, 1.54) is 11.3 Å². The number of sulfonamides is 1. The highest BCUT2D eigenvalue weighted by Gasteiger charge is 2.08. The van der Waals surface area contributed by atoms with Crippen molar-refractivity contribution < 1.29 is 8.42 Å². The molecule has 2 aromatic rings. The Bertz CT molecular complexity index is 729. The molecule has 0 aliphatic heterocycles. The second-order valence-electron chi connectivity index (χ2n) is 4.29. The Balaban J connectivity index is 2.29. The highest BCUT2D eigenvalue weighted by atomic mass is 32.2. The van der Waals surface area contributed by atoms with Crippen molar-refractivity contribution in [2.45, 2.75) is 19.8 Å². The molecule has 5 nitrogen and oxygen atoms in total. The number of aryl methyl sites for hydroxylation is 1. The second kappa shape index (κ2) is 5.75. The molecule has 0 atom stereocenters. The fourth-order valence-electron chi connectivity index (χ4n) is 1.68. The summed E-state index contributed by atoms with van der Waals surface area (Å²) in [5.41, 5.74) is 1.04. The van der Waals surface area contributed by atoms with Gasteiger partial charge in [0.1, 0.15) is 0 Å². The van der Waals surface area contributed by atoms with Crippen molar-refractivity contribution >= 4 is 31.6 Å². The van der Waals surface area contributed by atoms with E-state index in [0.717, 1.165) is 16.6 Å². The lowest BCUT2D eigenvalue weighted by atomic mass is 10.3. The van der Waals surface area contributed by atoms with Crippen LogP contribution in [0.1, 0.15) is 19.8 Å². The van der Waals surface area contributed by atoms with Crippen LogP contribution in [0.25, 0.3) is 10.2 Å². The molecule has 1 aromatic heterocycles. The number of rotatable bonds is 5. The predicted molar refractivity (Wildman–Crippen MR) is 78.2 cm³/mol. The molecule has 0 aliphatic rings. The van der Waals surface area contributed by atoms with Gasteiger partial charge in [0.05, 0.1) is 16.0 Å². The summed E-state index contributed by atoms with van der Waals surface area (Å²) in [5, 5.41) is 4.01. The molecule has 1 heterocycles. The van der Waals surface area contributed by atoms with E-state index in [2.05, 4.69) is 9.93 Å². The van der Waals surface area contributed by atoms with Gasteiger partial charge in [0, 0.05) is 7.05 Å². The number of thiazole rings is 1. The van der Waals surface area contributed by atoms with Gasteiger partial charge in [0.2, 0.25) is 14.8 Å². The lowest BCUT2D eigenvalue weighted by Gasteiger charge is -2.01. The maximum atomic E-state index is 11.7. The van der Waals surface area contributed by atoms with E-state index in [4.69, 9.17) is 0 Å². The van der Waals surface area contributed by atoms with E-state index < -0.39 is 10.0 Å². The number of nitrogens with zero attached hydrogens (tertiary/aromatic N) is 2. The van der Waals surface area contributed by atoms with Crippen molar-refractivity contribution in [1.82, 2.24) is 9.40 Å². The summed E-state index contributed by atoms with van der Waals surface area (Å²) in [6, 6.07) is 7.87. The van der Waals surface area contributed by atoms with Crippen LogP contribution in [0.3, 0.4) is 0 Å². The van der Waals surface area contributed by atoms with Crippen LogP contribution in [0.2, 0.25) is 0 Å². The molecule has 0 radical (unpaired) electrons. The molecule has 0 bridgehead atoms. The van der Waals surface area contributed by atoms with Crippen LogP contribution in [0.5, 0.6) is 0 Å². The molecule has 0 saturated carbocycles. The number of aromatic nitrogens is 1. The van der Waals surface area contributed by atoms with Gasteiger partial charge in [-0.05, 0) is 18.6 Å². The number of hydrogen-bond donors (Lipinski definition) is 1. The number of nitrogens with one attached hydrogen (secondary N) is 1. The maximum Gasteiger partial charge on any atom is 0.247 e. The molecule has 0 aliphatic carbocycles. The minimum absolute atomic E-state index is 0.113. The Hall–Kier alpha value is -1.34. The summed E-state index contributed by atoms with van der Waals surface area (Å²) in [4.78, 5) is 2.94. The Morgan fingerprint density at radius 1 is 1.37 bits per heavy atom. The van der Waals surface area contributed by atoms with Gasteiger partial charge in [-0.1, -0.05) is 36.8 Å². The van der Waals surface area contributed by atoms with Gasteiger partial charge in [-0.3, -0.25) is 0 Å². The smallest absolute Gasteiger partial charge is 0.247 e. The Morgan fingerprint density at radius 3 is 2.79 bits per heavy atom. The van der Waals surface area contributed by atoms with Crippen LogP contribution in [0, 0.1) is 0 Å². The van der Waals surface area contributed by atoms with Crippen molar-refractivity contribution in [3.05, 3.63) is 29.1 Å². The van der Waals surface area contributed by atoms with Crippen molar-refractivity contribution in [3.8, 4) is 0 Å². The molecule has 0 saturated heterocycles. The van der Waals surface area contributed by atoms with E-state index >= 15 is 0 Å². The normalized spacial score (nSPS) is 13.1. The van der Waals surface area contributed by atoms with Crippen LogP contribution in [-0.4, -0.2) is 18.7 Å². The number of para-hydroxylation sites is 1. The van der Waals surface area contributed by atoms with Gasteiger partial charge in [-0.2, -0.15) is 0 Å². The molecule has 1 aromatic carbocycles. The first kappa shape index (κ1) is 14.1. The van der Waals surface area contributed by atoms with Crippen molar-refractivity contribution in [1.29, 1.82) is 0 Å². The fourth-order valence-corrected chi connectivity index (χ4v) is 3.70. The topological polar surface area (TPSA) is 63.5 Å². The van der Waals surface area contributed by atoms with Gasteiger partial charge in [-0.15, -0.1) is 5.10 Å². The monoisotopic (exact) mass is 299 g/mol. The van der Waals surface area contributed by atoms with Crippen LogP contribution in [-0.2, 0) is 17.1 Å². The fraction of sp³-hybridized carbons (Fsp3) is 0.417. The zero-order valence-corrected chi connectivity index (χ0v) is 12.6. The van der Waals surface area contributed by atoms with Gasteiger partial charge in [0.25, 0.3) is 0 Å². The summed E-state index contributed by atoms with van der Waals surface area (Å²) < 4.78 is 26.3. The van der Waals surface area contributed by atoms with Gasteiger partial charge in [-0.25, -0.2) is 13.2 Å². The number of benzene rings is 1. The molecule has 104 valence electrons. The highest BCUT2D eigenvalue weighted by Crippen LogP contribution is 2.14. The first-order chi connectivity index (χ1) is 9.03. The third kappa shape index (κ3) is 3.36. The molecule has 0 unspecified atom stereocenters. The third-order valence-electron chi connectivity index (χ3n) is 2.76. The lowest BCUT2D eigenvalue weighted by Crippen LogP contribution is -2.25. The average molecular weight is 299 g/mol. The van der Waals surface area contributed by atoms with Crippen LogP contribution >= 0.6 is 11.3 Å². The zero-order chi connectivity index (χ0) is 13.9. The Labute approximate surface area is 116 Å². The van der Waals surface area contributed by atoms with Crippen molar-refractivity contribution in [2.75, 3.05) is 5.75 Å². The van der Waals surface area contributed by atoms with Gasteiger partial charge in [0.15, 0.2) is 0 Å².